The molecule has 0 aliphatic heterocycles. The van der Waals surface area contributed by atoms with Crippen molar-refractivity contribution in [2.45, 2.75) is 32.4 Å². The van der Waals surface area contributed by atoms with Crippen LogP contribution < -0.4 is 10.1 Å². The smallest absolute Gasteiger partial charge is 0.143 e. The summed E-state index contributed by atoms with van der Waals surface area (Å²) >= 11 is 6.12. The maximum Gasteiger partial charge on any atom is 0.143 e. The molecule has 1 aromatic heterocycles. The molecule has 2 aromatic rings. The Balaban J connectivity index is 1.77. The number of ether oxygens (including phenoxy) is 1. The third-order valence-electron chi connectivity index (χ3n) is 3.63. The zero-order chi connectivity index (χ0) is 14.1. The van der Waals surface area contributed by atoms with E-state index in [9.17, 15) is 0 Å². The highest BCUT2D eigenvalue weighted by atomic mass is 35.5. The fourth-order valence-corrected chi connectivity index (χ4v) is 2.46. The van der Waals surface area contributed by atoms with Crippen LogP contribution in [0.1, 0.15) is 30.1 Å². The van der Waals surface area contributed by atoms with Crippen molar-refractivity contribution in [1.82, 2.24) is 9.55 Å². The third kappa shape index (κ3) is 2.61. The van der Waals surface area contributed by atoms with Crippen molar-refractivity contribution >= 4 is 17.3 Å². The van der Waals surface area contributed by atoms with Gasteiger partial charge in [0.2, 0.25) is 0 Å². The van der Waals surface area contributed by atoms with Crippen molar-refractivity contribution in [3.05, 3.63) is 40.9 Å². The molecule has 0 atom stereocenters. The van der Waals surface area contributed by atoms with Gasteiger partial charge in [0, 0.05) is 23.3 Å². The Kier molecular flexibility index (Phi) is 3.57. The quantitative estimate of drug-likeness (QED) is 0.911. The second-order valence-corrected chi connectivity index (χ2v) is 5.59. The van der Waals surface area contributed by atoms with Gasteiger partial charge in [0.1, 0.15) is 5.75 Å². The molecule has 1 saturated carbocycles. The number of hydrogen-bond acceptors (Lipinski definition) is 3. The van der Waals surface area contributed by atoms with Crippen LogP contribution in [0.2, 0.25) is 5.02 Å². The van der Waals surface area contributed by atoms with Crippen molar-refractivity contribution in [3.8, 4) is 5.75 Å². The first-order valence-electron chi connectivity index (χ1n) is 6.77. The predicted molar refractivity (Wildman–Crippen MR) is 80.6 cm³/mol. The van der Waals surface area contributed by atoms with Gasteiger partial charge in [-0.3, -0.25) is 0 Å². The van der Waals surface area contributed by atoms with Crippen LogP contribution in [0, 0.1) is 6.92 Å². The fourth-order valence-electron chi connectivity index (χ4n) is 2.31. The topological polar surface area (TPSA) is 39.1 Å². The van der Waals surface area contributed by atoms with Crippen LogP contribution in [0.25, 0.3) is 0 Å². The average Bonchev–Trinajstić information content (AvgIpc) is 3.18. The Morgan fingerprint density at radius 1 is 1.45 bits per heavy atom. The van der Waals surface area contributed by atoms with E-state index in [0.29, 0.717) is 6.04 Å². The molecule has 0 radical (unpaired) electrons. The lowest BCUT2D eigenvalue weighted by Gasteiger charge is -2.14. The number of imidazole rings is 1. The first-order chi connectivity index (χ1) is 9.69. The number of nitrogens with one attached hydrogen (secondary N) is 1. The lowest BCUT2D eigenvalue weighted by atomic mass is 10.2. The molecule has 20 heavy (non-hydrogen) atoms. The maximum atomic E-state index is 6.12. The summed E-state index contributed by atoms with van der Waals surface area (Å²) in [6.07, 6.45) is 6.35. The first-order valence-corrected chi connectivity index (χ1v) is 7.15. The minimum Gasteiger partial charge on any atom is -0.495 e. The summed E-state index contributed by atoms with van der Waals surface area (Å²) in [6.45, 7) is 2.72. The number of hydrogen-bond donors (Lipinski definition) is 1. The van der Waals surface area contributed by atoms with Gasteiger partial charge in [-0.05, 0) is 31.4 Å². The monoisotopic (exact) mass is 291 g/mol. The maximum absolute atomic E-state index is 6.12. The molecule has 1 N–H and O–H groups in total. The zero-order valence-electron chi connectivity index (χ0n) is 11.7. The molecule has 1 heterocycles. The predicted octanol–water partition coefficient (Wildman–Crippen LogP) is 3.80. The van der Waals surface area contributed by atoms with Gasteiger partial charge >= 0.3 is 0 Å². The number of nitrogens with zero attached hydrogens (tertiary/aromatic N) is 2. The van der Waals surface area contributed by atoms with Gasteiger partial charge in [0.05, 0.1) is 31.4 Å². The van der Waals surface area contributed by atoms with E-state index in [4.69, 9.17) is 16.3 Å². The largest absolute Gasteiger partial charge is 0.495 e. The third-order valence-corrected chi connectivity index (χ3v) is 4.03. The highest BCUT2D eigenvalue weighted by Crippen LogP contribution is 2.36. The molecule has 1 aliphatic rings. The summed E-state index contributed by atoms with van der Waals surface area (Å²) in [6, 6.07) is 4.50. The van der Waals surface area contributed by atoms with Crippen LogP contribution in [-0.4, -0.2) is 16.7 Å². The van der Waals surface area contributed by atoms with Gasteiger partial charge in [-0.15, -0.1) is 0 Å². The van der Waals surface area contributed by atoms with Crippen molar-refractivity contribution in [1.29, 1.82) is 0 Å². The Morgan fingerprint density at radius 2 is 2.25 bits per heavy atom. The number of halogens is 1. The van der Waals surface area contributed by atoms with Crippen LogP contribution >= 0.6 is 11.6 Å². The molecule has 0 bridgehead atoms. The molecule has 0 unspecified atom stereocenters. The van der Waals surface area contributed by atoms with Crippen LogP contribution in [-0.2, 0) is 6.54 Å². The molecule has 0 amide bonds. The van der Waals surface area contributed by atoms with E-state index in [1.165, 1.54) is 18.5 Å². The molecule has 4 nitrogen and oxygen atoms in total. The Bertz CT molecular complexity index is 620. The fraction of sp³-hybridized carbons (Fsp3) is 0.400. The second-order valence-electron chi connectivity index (χ2n) is 5.18. The van der Waals surface area contributed by atoms with Crippen molar-refractivity contribution < 1.29 is 4.74 Å². The number of anilines is 1. The molecule has 0 saturated heterocycles. The highest BCUT2D eigenvalue weighted by molar-refractivity contribution is 6.31. The van der Waals surface area contributed by atoms with Gasteiger partial charge < -0.3 is 14.6 Å². The summed E-state index contributed by atoms with van der Waals surface area (Å²) < 4.78 is 7.62. The van der Waals surface area contributed by atoms with E-state index >= 15 is 0 Å². The molecule has 106 valence electrons. The summed E-state index contributed by atoms with van der Waals surface area (Å²) in [7, 11) is 1.65. The van der Waals surface area contributed by atoms with Crippen LogP contribution in [0.4, 0.5) is 5.69 Å². The van der Waals surface area contributed by atoms with Gasteiger partial charge in [-0.1, -0.05) is 11.6 Å². The van der Waals surface area contributed by atoms with Crippen molar-refractivity contribution in [2.24, 2.45) is 0 Å². The second kappa shape index (κ2) is 5.37. The van der Waals surface area contributed by atoms with E-state index in [-0.39, 0.29) is 0 Å². The summed E-state index contributed by atoms with van der Waals surface area (Å²) in [5.74, 6) is 0.762. The molecule has 3 rings (SSSR count). The standard InChI is InChI=1S/C15H18ClN3O/c1-10-5-14(15(20-2)6-13(10)16)18-8-12-7-17-9-19(12)11-3-4-11/h5-7,9,11,18H,3-4,8H2,1-2H3. The van der Waals surface area contributed by atoms with Crippen molar-refractivity contribution in [2.75, 3.05) is 12.4 Å². The Hall–Kier alpha value is -1.68. The van der Waals surface area contributed by atoms with Crippen LogP contribution in [0.15, 0.2) is 24.7 Å². The number of benzene rings is 1. The highest BCUT2D eigenvalue weighted by Gasteiger charge is 2.25. The molecular weight excluding hydrogens is 274 g/mol. The normalized spacial score (nSPS) is 14.3. The molecule has 1 aromatic carbocycles. The number of rotatable bonds is 5. The average molecular weight is 292 g/mol. The SMILES string of the molecule is COc1cc(Cl)c(C)cc1NCc1cncn1C1CC1. The summed E-state index contributed by atoms with van der Waals surface area (Å²) in [5.41, 5.74) is 3.19. The van der Waals surface area contributed by atoms with Gasteiger partial charge in [0.25, 0.3) is 0 Å². The van der Waals surface area contributed by atoms with Gasteiger partial charge in [-0.2, -0.15) is 0 Å². The number of aryl methyl sites for hydroxylation is 1. The molecule has 0 spiro atoms. The van der Waals surface area contributed by atoms with Crippen LogP contribution in [0.3, 0.4) is 0 Å². The summed E-state index contributed by atoms with van der Waals surface area (Å²) in [4.78, 5) is 4.24. The number of aromatic nitrogens is 2. The van der Waals surface area contributed by atoms with E-state index in [0.717, 1.165) is 28.6 Å². The minimum atomic E-state index is 0.642. The van der Waals surface area contributed by atoms with E-state index in [2.05, 4.69) is 14.9 Å². The lowest BCUT2D eigenvalue weighted by Crippen LogP contribution is -2.07. The van der Waals surface area contributed by atoms with E-state index < -0.39 is 0 Å². The van der Waals surface area contributed by atoms with Gasteiger partial charge in [0.15, 0.2) is 0 Å². The van der Waals surface area contributed by atoms with Crippen molar-refractivity contribution in [3.63, 3.8) is 0 Å². The van der Waals surface area contributed by atoms with E-state index in [1.54, 1.807) is 7.11 Å². The van der Waals surface area contributed by atoms with Crippen LogP contribution in [0.5, 0.6) is 5.75 Å². The Labute approximate surface area is 123 Å². The molecule has 1 fully saturated rings. The minimum absolute atomic E-state index is 0.642. The summed E-state index contributed by atoms with van der Waals surface area (Å²) in [5, 5.41) is 4.13. The molecule has 1 aliphatic carbocycles. The van der Waals surface area contributed by atoms with Gasteiger partial charge in [-0.25, -0.2) is 4.98 Å². The Morgan fingerprint density at radius 3 is 2.95 bits per heavy atom. The first kappa shape index (κ1) is 13.3. The molecular formula is C15H18ClN3O. The van der Waals surface area contributed by atoms with E-state index in [1.807, 2.05) is 31.6 Å². The molecule has 5 heteroatoms. The zero-order valence-corrected chi connectivity index (χ0v) is 12.4. The number of methoxy groups -OCH3 is 1. The lowest BCUT2D eigenvalue weighted by molar-refractivity contribution is 0.416.